The molecular weight excluding hydrogens is 262 g/mol. The molecule has 2 aliphatic rings. The smallest absolute Gasteiger partial charge is 0.0944 e. The molecule has 5 nitrogen and oxygen atoms in total. The summed E-state index contributed by atoms with van der Waals surface area (Å²) >= 11 is 0. The lowest BCUT2D eigenvalue weighted by Gasteiger charge is -2.24. The van der Waals surface area contributed by atoms with Gasteiger partial charge in [0, 0.05) is 30.0 Å². The maximum absolute atomic E-state index is 4.81. The Morgan fingerprint density at radius 3 is 2.86 bits per heavy atom. The van der Waals surface area contributed by atoms with Crippen LogP contribution < -0.4 is 15.5 Å². The molecule has 0 amide bonds. The predicted octanol–water partition coefficient (Wildman–Crippen LogP) is 1.84. The minimum Gasteiger partial charge on any atom is -0.335 e. The molecule has 0 aliphatic carbocycles. The van der Waals surface area contributed by atoms with E-state index in [4.69, 9.17) is 5.10 Å². The van der Waals surface area contributed by atoms with E-state index in [1.54, 1.807) is 0 Å². The first-order valence-corrected chi connectivity index (χ1v) is 7.74. The van der Waals surface area contributed by atoms with E-state index in [0.29, 0.717) is 6.04 Å². The average molecular weight is 283 g/mol. The van der Waals surface area contributed by atoms with Gasteiger partial charge in [-0.2, -0.15) is 5.10 Å². The molecule has 1 aromatic carbocycles. The summed E-state index contributed by atoms with van der Waals surface area (Å²) in [6.07, 6.45) is 8.81. The van der Waals surface area contributed by atoms with Gasteiger partial charge in [-0.3, -0.25) is 10.00 Å². The van der Waals surface area contributed by atoms with Gasteiger partial charge in [0.05, 0.1) is 18.2 Å². The summed E-state index contributed by atoms with van der Waals surface area (Å²) in [5, 5.41) is 12.8. The third-order valence-corrected chi connectivity index (χ3v) is 4.35. The van der Waals surface area contributed by atoms with Gasteiger partial charge >= 0.3 is 0 Å². The van der Waals surface area contributed by atoms with Gasteiger partial charge in [0.15, 0.2) is 0 Å². The number of piperidine rings is 1. The molecule has 1 aromatic heterocycles. The van der Waals surface area contributed by atoms with Crippen LogP contribution in [-0.4, -0.2) is 36.1 Å². The molecule has 3 heterocycles. The quantitative estimate of drug-likeness (QED) is 0.883. The molecule has 2 N–H and O–H groups in total. The first-order chi connectivity index (χ1) is 10.4. The van der Waals surface area contributed by atoms with E-state index >= 15 is 0 Å². The lowest BCUT2D eigenvalue weighted by atomic mass is 10.1. The third-order valence-electron chi connectivity index (χ3n) is 4.35. The third kappa shape index (κ3) is 2.54. The molecule has 1 fully saturated rings. The highest BCUT2D eigenvalue weighted by Crippen LogP contribution is 2.25. The zero-order chi connectivity index (χ0) is 14.1. The van der Waals surface area contributed by atoms with Crippen LogP contribution in [0.3, 0.4) is 0 Å². The number of rotatable bonds is 2. The second-order valence-corrected chi connectivity index (χ2v) is 5.80. The van der Waals surface area contributed by atoms with Gasteiger partial charge in [-0.15, -0.1) is 0 Å². The molecule has 110 valence electrons. The minimum absolute atomic E-state index is 0.540. The molecule has 2 aromatic rings. The van der Waals surface area contributed by atoms with Crippen LogP contribution in [0.5, 0.6) is 0 Å². The Labute approximate surface area is 124 Å². The van der Waals surface area contributed by atoms with Gasteiger partial charge in [0.2, 0.25) is 0 Å². The molecule has 1 saturated heterocycles. The van der Waals surface area contributed by atoms with Crippen molar-refractivity contribution in [2.24, 2.45) is 0 Å². The summed E-state index contributed by atoms with van der Waals surface area (Å²) in [7, 11) is 0. The van der Waals surface area contributed by atoms with Crippen molar-refractivity contribution in [3.05, 3.63) is 36.7 Å². The second kappa shape index (κ2) is 5.50. The Hall–Kier alpha value is -1.85. The molecule has 0 bridgehead atoms. The number of aromatic nitrogens is 2. The standard InChI is InChI=1S/C16H21N5/c1-6-18-12-20(9-1)15-3-2-13-11-21(19-16(13)10-15)14-4-7-17-8-5-14/h1-3,9-11,14,17-18H,4-8,12H2. The monoisotopic (exact) mass is 283 g/mol. The molecule has 0 saturated carbocycles. The van der Waals surface area contributed by atoms with Crippen molar-refractivity contribution in [1.29, 1.82) is 0 Å². The van der Waals surface area contributed by atoms with E-state index in [0.717, 1.165) is 31.8 Å². The van der Waals surface area contributed by atoms with Gasteiger partial charge in [0.25, 0.3) is 0 Å². The molecule has 21 heavy (non-hydrogen) atoms. The van der Waals surface area contributed by atoms with E-state index in [9.17, 15) is 0 Å². The van der Waals surface area contributed by atoms with Gasteiger partial charge < -0.3 is 10.2 Å². The predicted molar refractivity (Wildman–Crippen MR) is 85.4 cm³/mol. The fourth-order valence-corrected chi connectivity index (χ4v) is 3.14. The summed E-state index contributed by atoms with van der Waals surface area (Å²) in [5.74, 6) is 0. The van der Waals surface area contributed by atoms with Gasteiger partial charge in [-0.25, -0.2) is 0 Å². The van der Waals surface area contributed by atoms with Gasteiger partial charge in [-0.05, 0) is 44.1 Å². The second-order valence-electron chi connectivity index (χ2n) is 5.80. The Morgan fingerprint density at radius 2 is 2.05 bits per heavy atom. The van der Waals surface area contributed by atoms with Gasteiger partial charge in [-0.1, -0.05) is 6.08 Å². The zero-order valence-corrected chi connectivity index (χ0v) is 12.1. The number of fused-ring (bicyclic) bond motifs is 1. The molecule has 0 unspecified atom stereocenters. The first kappa shape index (κ1) is 12.9. The Morgan fingerprint density at radius 1 is 1.14 bits per heavy atom. The van der Waals surface area contributed by atoms with Crippen molar-refractivity contribution in [2.45, 2.75) is 18.9 Å². The van der Waals surface area contributed by atoms with Crippen LogP contribution in [-0.2, 0) is 0 Å². The topological polar surface area (TPSA) is 45.1 Å². The van der Waals surface area contributed by atoms with Crippen LogP contribution in [0.4, 0.5) is 5.69 Å². The highest BCUT2D eigenvalue weighted by Gasteiger charge is 2.16. The van der Waals surface area contributed by atoms with Crippen molar-refractivity contribution in [2.75, 3.05) is 31.2 Å². The summed E-state index contributed by atoms with van der Waals surface area (Å²) < 4.78 is 2.17. The fourth-order valence-electron chi connectivity index (χ4n) is 3.14. The summed E-state index contributed by atoms with van der Waals surface area (Å²) in [6, 6.07) is 7.08. The van der Waals surface area contributed by atoms with Crippen molar-refractivity contribution >= 4 is 16.6 Å². The van der Waals surface area contributed by atoms with Crippen LogP contribution >= 0.6 is 0 Å². The molecule has 0 spiro atoms. The van der Waals surface area contributed by atoms with E-state index in [1.165, 1.54) is 23.9 Å². The van der Waals surface area contributed by atoms with Crippen LogP contribution in [0.25, 0.3) is 10.9 Å². The van der Waals surface area contributed by atoms with E-state index < -0.39 is 0 Å². The number of benzene rings is 1. The Balaban J connectivity index is 1.64. The maximum Gasteiger partial charge on any atom is 0.0944 e. The van der Waals surface area contributed by atoms with Crippen LogP contribution in [0, 0.1) is 0 Å². The number of hydrogen-bond acceptors (Lipinski definition) is 4. The van der Waals surface area contributed by atoms with Crippen LogP contribution in [0.1, 0.15) is 18.9 Å². The molecular formula is C16H21N5. The van der Waals surface area contributed by atoms with Crippen molar-refractivity contribution in [3.63, 3.8) is 0 Å². The number of nitrogens with zero attached hydrogens (tertiary/aromatic N) is 3. The Kier molecular flexibility index (Phi) is 3.37. The van der Waals surface area contributed by atoms with E-state index in [1.807, 2.05) is 0 Å². The molecule has 2 aliphatic heterocycles. The van der Waals surface area contributed by atoms with Crippen LogP contribution in [0.15, 0.2) is 36.7 Å². The zero-order valence-electron chi connectivity index (χ0n) is 12.1. The van der Waals surface area contributed by atoms with Gasteiger partial charge in [0.1, 0.15) is 0 Å². The summed E-state index contributed by atoms with van der Waals surface area (Å²) in [5.41, 5.74) is 2.28. The van der Waals surface area contributed by atoms with Crippen molar-refractivity contribution in [1.82, 2.24) is 20.4 Å². The van der Waals surface area contributed by atoms with E-state index in [-0.39, 0.29) is 0 Å². The fraction of sp³-hybridized carbons (Fsp3) is 0.438. The summed E-state index contributed by atoms with van der Waals surface area (Å²) in [4.78, 5) is 2.21. The van der Waals surface area contributed by atoms with Crippen LogP contribution in [0.2, 0.25) is 0 Å². The maximum atomic E-state index is 4.81. The summed E-state index contributed by atoms with van der Waals surface area (Å²) in [6.45, 7) is 3.99. The highest BCUT2D eigenvalue weighted by molar-refractivity contribution is 5.82. The number of nitrogens with one attached hydrogen (secondary N) is 2. The van der Waals surface area contributed by atoms with Crippen molar-refractivity contribution in [3.8, 4) is 0 Å². The Bertz CT molecular complexity index is 654. The van der Waals surface area contributed by atoms with E-state index in [2.05, 4.69) is 56.9 Å². The largest absolute Gasteiger partial charge is 0.335 e. The first-order valence-electron chi connectivity index (χ1n) is 7.74. The normalized spacial score (nSPS) is 20.3. The lowest BCUT2D eigenvalue weighted by molar-refractivity contribution is 0.345. The number of hydrogen-bond donors (Lipinski definition) is 2. The molecule has 5 heteroatoms. The molecule has 4 rings (SSSR count). The molecule has 0 radical (unpaired) electrons. The SMILES string of the molecule is C1=CN(c2ccc3cn(C4CCNCC4)nc3c2)CNC1. The highest BCUT2D eigenvalue weighted by atomic mass is 15.3. The lowest BCUT2D eigenvalue weighted by Crippen LogP contribution is -2.34. The number of anilines is 1. The van der Waals surface area contributed by atoms with Crippen molar-refractivity contribution < 1.29 is 0 Å². The molecule has 0 atom stereocenters. The average Bonchev–Trinajstić information content (AvgIpc) is 2.99. The minimum atomic E-state index is 0.540.